The lowest BCUT2D eigenvalue weighted by molar-refractivity contribution is -0.385. The number of fused-ring (bicyclic) bond motifs is 1. The predicted molar refractivity (Wildman–Crippen MR) is 93.6 cm³/mol. The number of hydrogen-bond donors (Lipinski definition) is 3. The number of hydrogen-bond acceptors (Lipinski definition) is 5. The maximum Gasteiger partial charge on any atom is 0.274 e. The van der Waals surface area contributed by atoms with Crippen molar-refractivity contribution in [2.45, 2.75) is 19.4 Å². The molecule has 0 saturated heterocycles. The maximum absolute atomic E-state index is 12.2. The smallest absolute Gasteiger partial charge is 0.274 e. The number of rotatable bonds is 4. The van der Waals surface area contributed by atoms with E-state index in [0.717, 1.165) is 5.69 Å². The van der Waals surface area contributed by atoms with Gasteiger partial charge in [-0.2, -0.15) is 0 Å². The Morgan fingerprint density at radius 2 is 1.96 bits per heavy atom. The topological polar surface area (TPSA) is 113 Å². The molecule has 2 amide bonds. The first-order chi connectivity index (χ1) is 11.9. The number of aryl methyl sites for hydroxylation is 1. The monoisotopic (exact) mass is 340 g/mol. The highest BCUT2D eigenvalue weighted by molar-refractivity contribution is 6.06. The molecule has 0 saturated carbocycles. The van der Waals surface area contributed by atoms with E-state index in [1.165, 1.54) is 6.07 Å². The Balaban J connectivity index is 1.68. The Hall–Kier alpha value is -3.42. The number of nitrogens with zero attached hydrogens (tertiary/aromatic N) is 1. The summed E-state index contributed by atoms with van der Waals surface area (Å²) < 4.78 is 0. The largest absolute Gasteiger partial charge is 0.372 e. The van der Waals surface area contributed by atoms with Crippen molar-refractivity contribution in [3.63, 3.8) is 0 Å². The summed E-state index contributed by atoms with van der Waals surface area (Å²) in [7, 11) is 0. The van der Waals surface area contributed by atoms with E-state index in [0.29, 0.717) is 16.9 Å². The van der Waals surface area contributed by atoms with E-state index in [4.69, 9.17) is 0 Å². The number of benzene rings is 2. The van der Waals surface area contributed by atoms with Crippen molar-refractivity contribution in [3.8, 4) is 0 Å². The van der Waals surface area contributed by atoms with Crippen LogP contribution in [-0.4, -0.2) is 22.8 Å². The molecule has 8 heteroatoms. The van der Waals surface area contributed by atoms with E-state index in [1.807, 2.05) is 12.1 Å². The fourth-order valence-electron chi connectivity index (χ4n) is 2.62. The number of carbonyl (C=O) groups excluding carboxylic acids is 2. The van der Waals surface area contributed by atoms with Crippen molar-refractivity contribution in [2.24, 2.45) is 0 Å². The summed E-state index contributed by atoms with van der Waals surface area (Å²) in [6.07, 6.45) is -0.0954. The molecule has 0 aromatic heterocycles. The van der Waals surface area contributed by atoms with E-state index in [9.17, 15) is 19.7 Å². The molecule has 3 rings (SSSR count). The molecular weight excluding hydrogens is 324 g/mol. The van der Waals surface area contributed by atoms with Gasteiger partial charge in [-0.05, 0) is 25.1 Å². The lowest BCUT2D eigenvalue weighted by Crippen LogP contribution is -2.41. The highest BCUT2D eigenvalue weighted by Gasteiger charge is 2.27. The molecule has 0 fully saturated rings. The maximum atomic E-state index is 12.2. The van der Waals surface area contributed by atoms with Crippen molar-refractivity contribution in [3.05, 3.63) is 58.1 Å². The van der Waals surface area contributed by atoms with Gasteiger partial charge in [0, 0.05) is 17.3 Å². The van der Waals surface area contributed by atoms with Crippen molar-refractivity contribution < 1.29 is 14.5 Å². The summed E-state index contributed by atoms with van der Waals surface area (Å²) in [4.78, 5) is 34.8. The minimum absolute atomic E-state index is 0.0692. The zero-order chi connectivity index (χ0) is 18.0. The molecule has 8 nitrogen and oxygen atoms in total. The van der Waals surface area contributed by atoms with Crippen LogP contribution in [0.1, 0.15) is 12.0 Å². The molecule has 0 bridgehead atoms. The number of anilines is 3. The molecule has 0 spiro atoms. The lowest BCUT2D eigenvalue weighted by Gasteiger charge is -2.26. The van der Waals surface area contributed by atoms with Crippen LogP contribution in [0.3, 0.4) is 0 Å². The third-order valence-corrected chi connectivity index (χ3v) is 3.91. The Labute approximate surface area is 143 Å². The minimum atomic E-state index is -0.713. The van der Waals surface area contributed by atoms with Gasteiger partial charge in [0.05, 0.1) is 22.7 Å². The highest BCUT2D eigenvalue weighted by Crippen LogP contribution is 2.27. The molecule has 1 aliphatic rings. The third-order valence-electron chi connectivity index (χ3n) is 3.91. The van der Waals surface area contributed by atoms with Crippen LogP contribution in [-0.2, 0) is 9.59 Å². The van der Waals surface area contributed by atoms with Crippen LogP contribution in [0.25, 0.3) is 0 Å². The molecule has 128 valence electrons. The quantitative estimate of drug-likeness (QED) is 0.585. The molecule has 0 unspecified atom stereocenters. The first-order valence-corrected chi connectivity index (χ1v) is 7.65. The van der Waals surface area contributed by atoms with Crippen LogP contribution in [0.4, 0.5) is 22.7 Å². The van der Waals surface area contributed by atoms with E-state index >= 15 is 0 Å². The predicted octanol–water partition coefficient (Wildman–Crippen LogP) is 2.66. The van der Waals surface area contributed by atoms with Crippen LogP contribution >= 0.6 is 0 Å². The molecule has 2 aromatic rings. The molecule has 3 N–H and O–H groups in total. The van der Waals surface area contributed by atoms with Crippen LogP contribution in [0.15, 0.2) is 42.5 Å². The van der Waals surface area contributed by atoms with Crippen molar-refractivity contribution in [2.75, 3.05) is 16.0 Å². The van der Waals surface area contributed by atoms with E-state index in [1.54, 1.807) is 31.2 Å². The molecule has 1 aliphatic heterocycles. The van der Waals surface area contributed by atoms with Gasteiger partial charge in [0.25, 0.3) is 5.69 Å². The van der Waals surface area contributed by atoms with Gasteiger partial charge in [0.15, 0.2) is 0 Å². The summed E-state index contributed by atoms with van der Waals surface area (Å²) in [5.41, 5.74) is 2.16. The first kappa shape index (κ1) is 16.4. The van der Waals surface area contributed by atoms with Gasteiger partial charge < -0.3 is 16.0 Å². The van der Waals surface area contributed by atoms with E-state index in [-0.39, 0.29) is 18.0 Å². The molecule has 2 aromatic carbocycles. The number of nitrogens with one attached hydrogen (secondary N) is 3. The van der Waals surface area contributed by atoms with Gasteiger partial charge in [-0.15, -0.1) is 0 Å². The van der Waals surface area contributed by atoms with E-state index in [2.05, 4.69) is 16.0 Å². The Morgan fingerprint density at radius 3 is 2.68 bits per heavy atom. The third kappa shape index (κ3) is 3.57. The fraction of sp³-hybridized carbons (Fsp3) is 0.176. The van der Waals surface area contributed by atoms with Crippen LogP contribution in [0.5, 0.6) is 0 Å². The standard InChI is InChI=1S/C17H16N4O4/c1-10-6-7-11(8-15(10)21(24)25)18-16(22)9-14-17(23)20-13-5-3-2-4-12(13)19-14/h2-8,14,19H,9H2,1H3,(H,18,22)(H,20,23)/t14-/m0/s1. The van der Waals surface area contributed by atoms with E-state index < -0.39 is 16.9 Å². The Bertz CT molecular complexity index is 865. The number of para-hydroxylation sites is 2. The highest BCUT2D eigenvalue weighted by atomic mass is 16.6. The van der Waals surface area contributed by atoms with Crippen molar-refractivity contribution in [1.29, 1.82) is 0 Å². The number of nitro groups is 1. The van der Waals surface area contributed by atoms with Crippen LogP contribution in [0.2, 0.25) is 0 Å². The average molecular weight is 340 g/mol. The van der Waals surface area contributed by atoms with Crippen LogP contribution in [0, 0.1) is 17.0 Å². The number of carbonyl (C=O) groups is 2. The number of nitro benzene ring substituents is 1. The molecule has 0 aliphatic carbocycles. The molecule has 1 atom stereocenters. The molecule has 25 heavy (non-hydrogen) atoms. The first-order valence-electron chi connectivity index (χ1n) is 7.65. The zero-order valence-electron chi connectivity index (χ0n) is 13.4. The summed E-state index contributed by atoms with van der Waals surface area (Å²) in [6.45, 7) is 1.62. The van der Waals surface area contributed by atoms with Crippen LogP contribution < -0.4 is 16.0 Å². The SMILES string of the molecule is Cc1ccc(NC(=O)C[C@@H]2Nc3ccccc3NC2=O)cc1[N+](=O)[O-]. The van der Waals surface area contributed by atoms with Gasteiger partial charge in [-0.3, -0.25) is 19.7 Å². The minimum Gasteiger partial charge on any atom is -0.372 e. The van der Waals surface area contributed by atoms with Gasteiger partial charge >= 0.3 is 0 Å². The van der Waals surface area contributed by atoms with Gasteiger partial charge in [-0.25, -0.2) is 0 Å². The van der Waals surface area contributed by atoms with Crippen molar-refractivity contribution >= 4 is 34.6 Å². The second-order valence-corrected chi connectivity index (χ2v) is 5.74. The van der Waals surface area contributed by atoms with Gasteiger partial charge in [0.2, 0.25) is 11.8 Å². The second-order valence-electron chi connectivity index (χ2n) is 5.74. The van der Waals surface area contributed by atoms with Gasteiger partial charge in [0.1, 0.15) is 6.04 Å². The summed E-state index contributed by atoms with van der Waals surface area (Å²) in [5.74, 6) is -0.714. The zero-order valence-corrected chi connectivity index (χ0v) is 13.4. The second kappa shape index (κ2) is 6.60. The van der Waals surface area contributed by atoms with Gasteiger partial charge in [-0.1, -0.05) is 18.2 Å². The Kier molecular flexibility index (Phi) is 4.34. The summed E-state index contributed by atoms with van der Waals surface area (Å²) in [5, 5.41) is 19.3. The number of amides is 2. The fourth-order valence-corrected chi connectivity index (χ4v) is 2.62. The van der Waals surface area contributed by atoms with Crippen molar-refractivity contribution in [1.82, 2.24) is 0 Å². The Morgan fingerprint density at radius 1 is 1.24 bits per heavy atom. The molecule has 1 heterocycles. The summed E-state index contributed by atoms with van der Waals surface area (Å²) >= 11 is 0. The molecular formula is C17H16N4O4. The summed E-state index contributed by atoms with van der Waals surface area (Å²) in [6, 6.07) is 10.9. The molecule has 0 radical (unpaired) electrons. The normalized spacial score (nSPS) is 15.6. The lowest BCUT2D eigenvalue weighted by atomic mass is 10.1. The average Bonchev–Trinajstić information content (AvgIpc) is 2.57.